The van der Waals surface area contributed by atoms with E-state index in [1.54, 1.807) is 12.1 Å². The average molecular weight is 394 g/mol. The van der Waals surface area contributed by atoms with E-state index in [2.05, 4.69) is 0 Å². The first-order chi connectivity index (χ1) is 12.3. The highest BCUT2D eigenvalue weighted by Crippen LogP contribution is 2.18. The predicted molar refractivity (Wildman–Crippen MR) is 96.6 cm³/mol. The highest BCUT2D eigenvalue weighted by Gasteiger charge is 2.41. The van der Waals surface area contributed by atoms with Gasteiger partial charge in [-0.2, -0.15) is 0 Å². The van der Waals surface area contributed by atoms with Crippen molar-refractivity contribution in [3.63, 3.8) is 0 Å². The van der Waals surface area contributed by atoms with Crippen LogP contribution in [0.15, 0.2) is 46.7 Å². The molecule has 1 saturated heterocycles. The average Bonchev–Trinajstić information content (AvgIpc) is 3.19. The van der Waals surface area contributed by atoms with Crippen molar-refractivity contribution in [1.82, 2.24) is 4.90 Å². The third kappa shape index (κ3) is 4.36. The Bertz CT molecular complexity index is 893. The molecule has 0 unspecified atom stereocenters. The SMILES string of the molecule is NS(=O)(=O)c1ccc(CC[NH2+][C@H]2CC(=O)N(Cc3cccs3)C2=O)cc1. The Morgan fingerprint density at radius 3 is 2.54 bits per heavy atom. The van der Waals surface area contributed by atoms with Crippen molar-refractivity contribution in [2.45, 2.75) is 30.3 Å². The molecule has 2 amide bonds. The lowest BCUT2D eigenvalue weighted by Gasteiger charge is -2.13. The van der Waals surface area contributed by atoms with Gasteiger partial charge in [0.05, 0.1) is 24.4 Å². The van der Waals surface area contributed by atoms with Crippen molar-refractivity contribution < 1.29 is 23.3 Å². The van der Waals surface area contributed by atoms with Crippen LogP contribution in [0.2, 0.25) is 0 Å². The van der Waals surface area contributed by atoms with Gasteiger partial charge in [0.1, 0.15) is 0 Å². The van der Waals surface area contributed by atoms with Crippen LogP contribution in [-0.4, -0.2) is 37.7 Å². The second-order valence-corrected chi connectivity index (χ2v) is 8.77. The normalized spacial score (nSPS) is 17.9. The fourth-order valence-electron chi connectivity index (χ4n) is 2.91. The van der Waals surface area contributed by atoms with Crippen LogP contribution in [0.4, 0.5) is 0 Å². The molecule has 0 bridgehead atoms. The highest BCUT2D eigenvalue weighted by molar-refractivity contribution is 7.89. The Balaban J connectivity index is 1.52. The summed E-state index contributed by atoms with van der Waals surface area (Å²) in [5, 5.41) is 8.87. The van der Waals surface area contributed by atoms with Gasteiger partial charge in [0.2, 0.25) is 15.9 Å². The van der Waals surface area contributed by atoms with Gasteiger partial charge in [0.15, 0.2) is 6.04 Å². The highest BCUT2D eigenvalue weighted by atomic mass is 32.2. The lowest BCUT2D eigenvalue weighted by Crippen LogP contribution is -2.91. The van der Waals surface area contributed by atoms with Gasteiger partial charge in [-0.3, -0.25) is 14.5 Å². The molecule has 1 fully saturated rings. The number of hydrogen-bond donors (Lipinski definition) is 2. The third-order valence-corrected chi connectivity index (χ3v) is 6.10. The number of carbonyl (C=O) groups excluding carboxylic acids is 2. The zero-order valence-electron chi connectivity index (χ0n) is 14.0. The van der Waals surface area contributed by atoms with Crippen LogP contribution in [0, 0.1) is 0 Å². The molecule has 7 nitrogen and oxygen atoms in total. The molecule has 138 valence electrons. The summed E-state index contributed by atoms with van der Waals surface area (Å²) in [5.41, 5.74) is 0.945. The van der Waals surface area contributed by atoms with E-state index in [4.69, 9.17) is 5.14 Å². The molecule has 0 saturated carbocycles. The van der Waals surface area contributed by atoms with Gasteiger partial charge in [-0.25, -0.2) is 13.6 Å². The van der Waals surface area contributed by atoms with Gasteiger partial charge in [-0.1, -0.05) is 18.2 Å². The largest absolute Gasteiger partial charge is 0.335 e. The Labute approximate surface area is 155 Å². The first-order valence-corrected chi connectivity index (χ1v) is 10.6. The summed E-state index contributed by atoms with van der Waals surface area (Å²) in [5.74, 6) is -0.282. The molecule has 2 heterocycles. The van der Waals surface area contributed by atoms with Crippen LogP contribution >= 0.6 is 11.3 Å². The summed E-state index contributed by atoms with van der Waals surface area (Å²) in [7, 11) is -3.69. The second-order valence-electron chi connectivity index (χ2n) is 6.17. The number of rotatable bonds is 7. The van der Waals surface area contributed by atoms with E-state index < -0.39 is 10.0 Å². The van der Waals surface area contributed by atoms with E-state index in [1.165, 1.54) is 28.4 Å². The molecule has 4 N–H and O–H groups in total. The summed E-state index contributed by atoms with van der Waals surface area (Å²) in [6.07, 6.45) is 0.877. The van der Waals surface area contributed by atoms with E-state index in [-0.39, 0.29) is 29.2 Å². The molecule has 9 heteroatoms. The number of carbonyl (C=O) groups is 2. The summed E-state index contributed by atoms with van der Waals surface area (Å²) >= 11 is 1.52. The second kappa shape index (κ2) is 7.67. The summed E-state index contributed by atoms with van der Waals surface area (Å²) < 4.78 is 22.5. The molecule has 0 spiro atoms. The van der Waals surface area contributed by atoms with Gasteiger partial charge in [0, 0.05) is 11.3 Å². The monoisotopic (exact) mass is 394 g/mol. The van der Waals surface area contributed by atoms with Crippen molar-refractivity contribution in [3.8, 4) is 0 Å². The molecule has 26 heavy (non-hydrogen) atoms. The Kier molecular flexibility index (Phi) is 5.52. The fraction of sp³-hybridized carbons (Fsp3) is 0.294. The predicted octanol–water partition coefficient (Wildman–Crippen LogP) is -0.171. The van der Waals surface area contributed by atoms with E-state index in [0.29, 0.717) is 19.5 Å². The van der Waals surface area contributed by atoms with Crippen LogP contribution < -0.4 is 10.5 Å². The maximum Gasteiger partial charge on any atom is 0.288 e. The Morgan fingerprint density at radius 2 is 1.92 bits per heavy atom. The maximum absolute atomic E-state index is 12.4. The van der Waals surface area contributed by atoms with Crippen molar-refractivity contribution in [1.29, 1.82) is 0 Å². The fourth-order valence-corrected chi connectivity index (χ4v) is 4.12. The van der Waals surface area contributed by atoms with Crippen LogP contribution in [0.3, 0.4) is 0 Å². The summed E-state index contributed by atoms with van der Waals surface area (Å²) in [4.78, 5) is 26.9. The molecule has 1 aliphatic rings. The summed E-state index contributed by atoms with van der Waals surface area (Å²) in [6.45, 7) is 0.972. The number of thiophene rings is 1. The number of benzene rings is 1. The Morgan fingerprint density at radius 1 is 1.19 bits per heavy atom. The number of hydrogen-bond acceptors (Lipinski definition) is 5. The van der Waals surface area contributed by atoms with Gasteiger partial charge in [-0.15, -0.1) is 11.3 Å². The molecule has 1 aliphatic heterocycles. The minimum Gasteiger partial charge on any atom is -0.335 e. The third-order valence-electron chi connectivity index (χ3n) is 4.31. The maximum atomic E-state index is 12.4. The molecule has 2 aromatic rings. The number of quaternary nitrogens is 1. The standard InChI is InChI=1S/C17H19N3O4S2/c18-26(23,24)14-5-3-12(4-6-14)7-8-19-15-10-16(21)20(17(15)22)11-13-2-1-9-25-13/h1-6,9,15,19H,7-8,10-11H2,(H2,18,23,24)/p+1/t15-/m0/s1. The number of nitrogens with two attached hydrogens (primary N) is 2. The van der Waals surface area contributed by atoms with Crippen molar-refractivity contribution in [3.05, 3.63) is 52.2 Å². The lowest BCUT2D eigenvalue weighted by molar-refractivity contribution is -0.674. The minimum absolute atomic E-state index is 0.0750. The van der Waals surface area contributed by atoms with Crippen molar-refractivity contribution in [2.24, 2.45) is 5.14 Å². The number of nitrogens with zero attached hydrogens (tertiary/aromatic N) is 1. The quantitative estimate of drug-likeness (QED) is 0.635. The van der Waals surface area contributed by atoms with E-state index >= 15 is 0 Å². The number of amides is 2. The number of likely N-dealkylation sites (tertiary alicyclic amines) is 1. The van der Waals surface area contributed by atoms with Crippen LogP contribution in [-0.2, 0) is 32.6 Å². The van der Waals surface area contributed by atoms with Gasteiger partial charge >= 0.3 is 0 Å². The van der Waals surface area contributed by atoms with Gasteiger partial charge in [0.25, 0.3) is 5.91 Å². The minimum atomic E-state index is -3.69. The first-order valence-electron chi connectivity index (χ1n) is 8.16. The number of imide groups is 1. The zero-order valence-corrected chi connectivity index (χ0v) is 15.6. The molecule has 1 aromatic carbocycles. The van der Waals surface area contributed by atoms with Gasteiger partial charge in [-0.05, 0) is 29.1 Å². The molecular formula is C17H20N3O4S2+. The van der Waals surface area contributed by atoms with Crippen molar-refractivity contribution in [2.75, 3.05) is 6.54 Å². The molecular weight excluding hydrogens is 374 g/mol. The molecule has 1 aromatic heterocycles. The molecule has 0 radical (unpaired) electrons. The molecule has 1 atom stereocenters. The number of sulfonamides is 1. The topological polar surface area (TPSA) is 114 Å². The van der Waals surface area contributed by atoms with E-state index in [9.17, 15) is 18.0 Å². The van der Waals surface area contributed by atoms with Gasteiger partial charge < -0.3 is 5.32 Å². The van der Waals surface area contributed by atoms with Crippen LogP contribution in [0.1, 0.15) is 16.9 Å². The Hall–Kier alpha value is -2.07. The smallest absolute Gasteiger partial charge is 0.288 e. The van der Waals surface area contributed by atoms with E-state index in [0.717, 1.165) is 10.4 Å². The molecule has 3 rings (SSSR count). The first kappa shape index (κ1) is 18.7. The van der Waals surface area contributed by atoms with Crippen molar-refractivity contribution >= 4 is 33.2 Å². The molecule has 0 aliphatic carbocycles. The lowest BCUT2D eigenvalue weighted by atomic mass is 10.1. The number of primary sulfonamides is 1. The summed E-state index contributed by atoms with van der Waals surface area (Å²) in [6, 6.07) is 9.78. The van der Waals surface area contributed by atoms with E-state index in [1.807, 2.05) is 22.8 Å². The van der Waals surface area contributed by atoms with Crippen LogP contribution in [0.5, 0.6) is 0 Å². The van der Waals surface area contributed by atoms with Crippen LogP contribution in [0.25, 0.3) is 0 Å². The zero-order chi connectivity index (χ0) is 18.7.